The Morgan fingerprint density at radius 3 is 2.53 bits per heavy atom. The summed E-state index contributed by atoms with van der Waals surface area (Å²) in [7, 11) is 0. The van der Waals surface area contributed by atoms with E-state index in [1.165, 1.54) is 24.6 Å². The van der Waals surface area contributed by atoms with Crippen LogP contribution in [0.2, 0.25) is 0 Å². The summed E-state index contributed by atoms with van der Waals surface area (Å²) in [5.41, 5.74) is 11.7. The Balaban J connectivity index is 0.000000248. The third kappa shape index (κ3) is 5.99. The summed E-state index contributed by atoms with van der Waals surface area (Å²) in [6.07, 6.45) is 1.97. The van der Waals surface area contributed by atoms with Crippen molar-refractivity contribution < 1.29 is 14.0 Å². The fraction of sp³-hybridized carbons (Fsp3) is 0.222. The molecule has 0 unspecified atom stereocenters. The van der Waals surface area contributed by atoms with Crippen LogP contribution in [0, 0.1) is 11.3 Å². The smallest absolute Gasteiger partial charge is 0.223 e. The van der Waals surface area contributed by atoms with E-state index in [0.717, 1.165) is 41.9 Å². The van der Waals surface area contributed by atoms with E-state index < -0.39 is 6.67 Å². The first-order valence-corrected chi connectivity index (χ1v) is 11.0. The number of carbonyl (C=O) groups is 2. The maximum absolute atomic E-state index is 12.1. The fourth-order valence-corrected chi connectivity index (χ4v) is 3.92. The molecule has 0 aromatic heterocycles. The van der Waals surface area contributed by atoms with Crippen molar-refractivity contribution >= 4 is 28.9 Å². The number of aryl methyl sites for hydroxylation is 1. The lowest BCUT2D eigenvalue weighted by Gasteiger charge is -2.29. The molecule has 4 rings (SSSR count). The molecule has 1 heterocycles. The number of carbonyl (C=O) groups excluding carboxylic acids is 2. The van der Waals surface area contributed by atoms with E-state index in [2.05, 4.69) is 11.4 Å². The van der Waals surface area contributed by atoms with Crippen LogP contribution in [-0.4, -0.2) is 18.4 Å². The first kappa shape index (κ1) is 24.5. The fourth-order valence-electron chi connectivity index (χ4n) is 3.92. The van der Waals surface area contributed by atoms with E-state index in [0.29, 0.717) is 16.8 Å². The van der Waals surface area contributed by atoms with Gasteiger partial charge in [0.1, 0.15) is 6.67 Å². The molecule has 0 spiro atoms. The summed E-state index contributed by atoms with van der Waals surface area (Å²) in [5.74, 6) is 0.0102. The minimum absolute atomic E-state index is 0.0790. The third-order valence-electron chi connectivity index (χ3n) is 5.49. The number of rotatable bonds is 3. The monoisotopic (exact) mass is 458 g/mol. The van der Waals surface area contributed by atoms with E-state index in [-0.39, 0.29) is 11.8 Å². The number of hydrogen-bond donors (Lipinski definition) is 2. The van der Waals surface area contributed by atoms with Crippen molar-refractivity contribution in [2.75, 3.05) is 22.5 Å². The summed E-state index contributed by atoms with van der Waals surface area (Å²) < 4.78 is 12.1. The molecule has 6 nitrogen and oxygen atoms in total. The van der Waals surface area contributed by atoms with E-state index in [1.54, 1.807) is 13.0 Å². The molecule has 0 aliphatic carbocycles. The average molecular weight is 459 g/mol. The molecule has 2 amide bonds. The lowest BCUT2D eigenvalue weighted by molar-refractivity contribution is -0.116. The topological polar surface area (TPSA) is 99.2 Å². The zero-order valence-electron chi connectivity index (χ0n) is 19.3. The largest absolute Gasteiger partial charge is 0.399 e. The summed E-state index contributed by atoms with van der Waals surface area (Å²) in [6.45, 7) is 3.26. The van der Waals surface area contributed by atoms with Crippen LogP contribution < -0.4 is 16.0 Å². The number of alkyl halides is 1. The molecule has 0 atom stereocenters. The minimum Gasteiger partial charge on any atom is -0.399 e. The summed E-state index contributed by atoms with van der Waals surface area (Å²) >= 11 is 0. The molecule has 34 heavy (non-hydrogen) atoms. The molecule has 0 fully saturated rings. The zero-order valence-corrected chi connectivity index (χ0v) is 19.3. The Bertz CT molecular complexity index is 1250. The Labute approximate surface area is 198 Å². The maximum Gasteiger partial charge on any atom is 0.223 e. The van der Waals surface area contributed by atoms with Gasteiger partial charge < -0.3 is 16.0 Å². The normalized spacial score (nSPS) is 12.0. The van der Waals surface area contributed by atoms with Crippen LogP contribution in [0.5, 0.6) is 0 Å². The molecule has 0 saturated heterocycles. The first-order valence-electron chi connectivity index (χ1n) is 11.0. The average Bonchev–Trinajstić information content (AvgIpc) is 2.83. The molecule has 3 aromatic rings. The van der Waals surface area contributed by atoms with Gasteiger partial charge in [0.15, 0.2) is 0 Å². The first-order chi connectivity index (χ1) is 16.3. The van der Waals surface area contributed by atoms with Gasteiger partial charge >= 0.3 is 0 Å². The van der Waals surface area contributed by atoms with Crippen molar-refractivity contribution in [1.82, 2.24) is 0 Å². The number of fused-ring (bicyclic) bond motifs is 1. The van der Waals surface area contributed by atoms with Crippen LogP contribution >= 0.6 is 0 Å². The molecule has 3 aromatic carbocycles. The van der Waals surface area contributed by atoms with Crippen molar-refractivity contribution in [1.29, 1.82) is 5.26 Å². The van der Waals surface area contributed by atoms with Crippen molar-refractivity contribution in [2.24, 2.45) is 0 Å². The molecule has 3 N–H and O–H groups in total. The highest BCUT2D eigenvalue weighted by molar-refractivity contribution is 5.93. The van der Waals surface area contributed by atoms with Crippen LogP contribution in [0.4, 0.5) is 21.5 Å². The predicted molar refractivity (Wildman–Crippen MR) is 133 cm³/mol. The van der Waals surface area contributed by atoms with Crippen molar-refractivity contribution in [3.63, 3.8) is 0 Å². The van der Waals surface area contributed by atoms with E-state index >= 15 is 0 Å². The summed E-state index contributed by atoms with van der Waals surface area (Å²) in [5, 5.41) is 11.3. The number of anilines is 3. The molecule has 1 aliphatic heterocycles. The number of nitrogens with one attached hydrogen (secondary N) is 1. The number of nitrogen functional groups attached to an aromatic ring is 1. The van der Waals surface area contributed by atoms with Crippen LogP contribution in [-0.2, 0) is 22.7 Å². The number of benzene rings is 3. The quantitative estimate of drug-likeness (QED) is 0.526. The van der Waals surface area contributed by atoms with Gasteiger partial charge in [-0.25, -0.2) is 4.39 Å². The van der Waals surface area contributed by atoms with E-state index in [1.807, 2.05) is 47.4 Å². The number of nitrogens with zero attached hydrogens (tertiary/aromatic N) is 2. The van der Waals surface area contributed by atoms with Gasteiger partial charge in [-0.1, -0.05) is 18.2 Å². The highest BCUT2D eigenvalue weighted by atomic mass is 19.1. The van der Waals surface area contributed by atoms with Crippen LogP contribution in [0.3, 0.4) is 0 Å². The van der Waals surface area contributed by atoms with Gasteiger partial charge in [0.25, 0.3) is 0 Å². The molecule has 0 radical (unpaired) electrons. The second-order valence-electron chi connectivity index (χ2n) is 8.04. The minimum atomic E-state index is -0.645. The number of hydrogen-bond acceptors (Lipinski definition) is 4. The lowest BCUT2D eigenvalue weighted by atomic mass is 9.96. The molecule has 174 valence electrons. The van der Waals surface area contributed by atoms with Crippen LogP contribution in [0.15, 0.2) is 60.7 Å². The number of nitriles is 1. The lowest BCUT2D eigenvalue weighted by Crippen LogP contribution is -2.33. The number of amides is 2. The maximum atomic E-state index is 12.1. The molecule has 7 heteroatoms. The van der Waals surface area contributed by atoms with Gasteiger partial charge in [-0.05, 0) is 72.0 Å². The second-order valence-corrected chi connectivity index (χ2v) is 8.04. The van der Waals surface area contributed by atoms with Gasteiger partial charge in [0, 0.05) is 43.0 Å². The Morgan fingerprint density at radius 2 is 1.85 bits per heavy atom. The van der Waals surface area contributed by atoms with Crippen molar-refractivity contribution in [3.8, 4) is 17.2 Å². The van der Waals surface area contributed by atoms with Gasteiger partial charge in [-0.15, -0.1) is 0 Å². The van der Waals surface area contributed by atoms with Crippen molar-refractivity contribution in [3.05, 3.63) is 77.4 Å². The molecule has 0 bridgehead atoms. The number of nitrogens with two attached hydrogens (primary N) is 1. The van der Waals surface area contributed by atoms with E-state index in [4.69, 9.17) is 11.0 Å². The predicted octanol–water partition coefficient (Wildman–Crippen LogP) is 5.22. The van der Waals surface area contributed by atoms with Gasteiger partial charge in [0.05, 0.1) is 11.6 Å². The van der Waals surface area contributed by atoms with Crippen LogP contribution in [0.1, 0.15) is 37.0 Å². The van der Waals surface area contributed by atoms with Gasteiger partial charge in [-0.3, -0.25) is 9.59 Å². The summed E-state index contributed by atoms with van der Waals surface area (Å²) in [4.78, 5) is 24.8. The second kappa shape index (κ2) is 11.1. The van der Waals surface area contributed by atoms with Gasteiger partial charge in [-0.2, -0.15) is 5.26 Å². The van der Waals surface area contributed by atoms with E-state index in [9.17, 15) is 14.0 Å². The number of halogens is 1. The Hall–Kier alpha value is -4.18. The Morgan fingerprint density at radius 1 is 1.09 bits per heavy atom. The van der Waals surface area contributed by atoms with Crippen LogP contribution in [0.25, 0.3) is 11.1 Å². The SMILES string of the molecule is CC(=O)Nc1cccc(-c2ccc3c(c2)CCCN3C(C)=O)c1.N#Cc1ccc(N)cc1CF. The van der Waals surface area contributed by atoms with Crippen molar-refractivity contribution in [2.45, 2.75) is 33.4 Å². The highest BCUT2D eigenvalue weighted by Crippen LogP contribution is 2.32. The Kier molecular flexibility index (Phi) is 7.99. The molecular weight excluding hydrogens is 431 g/mol. The third-order valence-corrected chi connectivity index (χ3v) is 5.49. The standard InChI is InChI=1S/C19H20N2O2.C8H7FN2/c1-13(22)20-18-7-3-5-15(12-18)16-8-9-19-17(11-16)6-4-10-21(19)14(2)23;9-4-7-3-8(11)2-1-6(7)5-10/h3,5,7-9,11-12H,4,6,10H2,1-2H3,(H,20,22);1-3H,4,11H2. The summed E-state index contributed by atoms with van der Waals surface area (Å²) in [6, 6.07) is 20.5. The molecule has 0 saturated carbocycles. The molecule has 1 aliphatic rings. The van der Waals surface area contributed by atoms with Gasteiger partial charge in [0.2, 0.25) is 11.8 Å². The highest BCUT2D eigenvalue weighted by Gasteiger charge is 2.20. The molecular formula is C27H27FN4O2. The zero-order chi connectivity index (χ0) is 24.7.